The minimum Gasteiger partial charge on any atom is -0.491 e. The number of amides is 2. The third-order valence-electron chi connectivity index (χ3n) is 3.32. The van der Waals surface area contributed by atoms with Gasteiger partial charge in [-0.3, -0.25) is 9.59 Å². The van der Waals surface area contributed by atoms with Crippen molar-refractivity contribution in [1.82, 2.24) is 0 Å². The lowest BCUT2D eigenvalue weighted by Crippen LogP contribution is -2.29. The average molecular weight is 342 g/mol. The van der Waals surface area contributed by atoms with Gasteiger partial charge in [0, 0.05) is 17.4 Å². The average Bonchev–Trinajstić information content (AvgIpc) is 3.03. The Morgan fingerprint density at radius 1 is 0.920 bits per heavy atom. The zero-order valence-electron chi connectivity index (χ0n) is 13.9. The summed E-state index contributed by atoms with van der Waals surface area (Å²) in [6.45, 7) is 4.00. The summed E-state index contributed by atoms with van der Waals surface area (Å²) in [7, 11) is 0. The maximum Gasteiger partial charge on any atom is 0.314 e. The molecule has 1 heterocycles. The Morgan fingerprint density at radius 3 is 2.20 bits per heavy atom. The number of rotatable bonds is 4. The van der Waals surface area contributed by atoms with Crippen molar-refractivity contribution in [2.75, 3.05) is 17.4 Å². The Balaban J connectivity index is 1.58. The van der Waals surface area contributed by atoms with Gasteiger partial charge in [0.05, 0.1) is 6.10 Å². The molecule has 7 heteroatoms. The van der Waals surface area contributed by atoms with Crippen LogP contribution in [0.3, 0.4) is 0 Å². The van der Waals surface area contributed by atoms with E-state index in [0.29, 0.717) is 28.6 Å². The number of hydrogen-bond acceptors (Lipinski definition) is 5. The molecule has 1 aliphatic rings. The number of hydrogen-bond donors (Lipinski definition) is 2. The van der Waals surface area contributed by atoms with Crippen LogP contribution in [0.1, 0.15) is 13.8 Å². The molecule has 0 atom stereocenters. The van der Waals surface area contributed by atoms with Crippen molar-refractivity contribution >= 4 is 23.2 Å². The highest BCUT2D eigenvalue weighted by molar-refractivity contribution is 6.43. The molecule has 2 aromatic rings. The zero-order chi connectivity index (χ0) is 17.8. The van der Waals surface area contributed by atoms with E-state index < -0.39 is 11.8 Å². The molecule has 0 bridgehead atoms. The van der Waals surface area contributed by atoms with E-state index in [4.69, 9.17) is 14.2 Å². The third-order valence-corrected chi connectivity index (χ3v) is 3.32. The van der Waals surface area contributed by atoms with E-state index in [0.717, 1.165) is 0 Å². The molecule has 1 aliphatic heterocycles. The highest BCUT2D eigenvalue weighted by Crippen LogP contribution is 2.34. The van der Waals surface area contributed by atoms with Gasteiger partial charge in [0.1, 0.15) is 5.75 Å². The Kier molecular flexibility index (Phi) is 4.74. The number of fused-ring (bicyclic) bond motifs is 1. The highest BCUT2D eigenvalue weighted by Gasteiger charge is 2.17. The largest absolute Gasteiger partial charge is 0.491 e. The van der Waals surface area contributed by atoms with Crippen molar-refractivity contribution in [3.63, 3.8) is 0 Å². The number of carbonyl (C=O) groups is 2. The number of anilines is 2. The van der Waals surface area contributed by atoms with Crippen LogP contribution in [0.4, 0.5) is 11.4 Å². The molecule has 2 amide bonds. The second kappa shape index (κ2) is 7.12. The molecule has 130 valence electrons. The van der Waals surface area contributed by atoms with Crippen LogP contribution in [0.15, 0.2) is 42.5 Å². The molecule has 2 N–H and O–H groups in total. The minimum atomic E-state index is -0.777. The fraction of sp³-hybridized carbons (Fsp3) is 0.222. The molecule has 0 saturated heterocycles. The molecule has 0 fully saturated rings. The zero-order valence-corrected chi connectivity index (χ0v) is 13.9. The lowest BCUT2D eigenvalue weighted by molar-refractivity contribution is -0.132. The number of ether oxygens (including phenoxy) is 3. The normalized spacial score (nSPS) is 12.0. The van der Waals surface area contributed by atoms with Crippen LogP contribution >= 0.6 is 0 Å². The third kappa shape index (κ3) is 4.20. The van der Waals surface area contributed by atoms with Gasteiger partial charge in [-0.15, -0.1) is 0 Å². The lowest BCUT2D eigenvalue weighted by atomic mass is 10.2. The van der Waals surface area contributed by atoms with E-state index >= 15 is 0 Å². The molecular weight excluding hydrogens is 324 g/mol. The minimum absolute atomic E-state index is 0.0629. The molecule has 3 rings (SSSR count). The van der Waals surface area contributed by atoms with Gasteiger partial charge in [-0.1, -0.05) is 0 Å². The summed E-state index contributed by atoms with van der Waals surface area (Å²) in [6, 6.07) is 11.7. The van der Waals surface area contributed by atoms with Gasteiger partial charge in [-0.05, 0) is 50.2 Å². The summed E-state index contributed by atoms with van der Waals surface area (Å²) >= 11 is 0. The first kappa shape index (κ1) is 16.6. The Bertz CT molecular complexity index is 787. The summed E-state index contributed by atoms with van der Waals surface area (Å²) in [6.07, 6.45) is 0.0629. The second-order valence-corrected chi connectivity index (χ2v) is 5.67. The summed E-state index contributed by atoms with van der Waals surface area (Å²) in [5.41, 5.74) is 0.951. The van der Waals surface area contributed by atoms with E-state index in [1.807, 2.05) is 13.8 Å². The Morgan fingerprint density at radius 2 is 1.52 bits per heavy atom. The molecule has 7 nitrogen and oxygen atoms in total. The van der Waals surface area contributed by atoms with E-state index in [2.05, 4.69) is 10.6 Å². The van der Waals surface area contributed by atoms with Crippen molar-refractivity contribution < 1.29 is 23.8 Å². The SMILES string of the molecule is CC(C)Oc1ccc(NC(=O)C(=O)Nc2ccc3c(c2)OCO3)cc1. The quantitative estimate of drug-likeness (QED) is 0.835. The molecule has 0 aliphatic carbocycles. The predicted molar refractivity (Wildman–Crippen MR) is 92.0 cm³/mol. The van der Waals surface area contributed by atoms with Crippen LogP contribution in [-0.4, -0.2) is 24.7 Å². The smallest absolute Gasteiger partial charge is 0.314 e. The van der Waals surface area contributed by atoms with E-state index in [9.17, 15) is 9.59 Å². The summed E-state index contributed by atoms with van der Waals surface area (Å²) < 4.78 is 15.9. The van der Waals surface area contributed by atoms with Crippen molar-refractivity contribution in [2.45, 2.75) is 20.0 Å². The van der Waals surface area contributed by atoms with Crippen molar-refractivity contribution in [3.05, 3.63) is 42.5 Å². The number of nitrogens with one attached hydrogen (secondary N) is 2. The van der Waals surface area contributed by atoms with Crippen LogP contribution in [-0.2, 0) is 9.59 Å². The maximum absolute atomic E-state index is 12.0. The molecule has 0 aromatic heterocycles. The van der Waals surface area contributed by atoms with Crippen LogP contribution in [0, 0.1) is 0 Å². The fourth-order valence-electron chi connectivity index (χ4n) is 2.24. The van der Waals surface area contributed by atoms with Crippen molar-refractivity contribution in [1.29, 1.82) is 0 Å². The number of benzene rings is 2. The van der Waals surface area contributed by atoms with Gasteiger partial charge < -0.3 is 24.8 Å². The second-order valence-electron chi connectivity index (χ2n) is 5.67. The molecule has 0 saturated carbocycles. The van der Waals surface area contributed by atoms with E-state index in [1.165, 1.54) is 0 Å². The summed E-state index contributed by atoms with van der Waals surface area (Å²) in [4.78, 5) is 24.0. The van der Waals surface area contributed by atoms with Crippen LogP contribution in [0.5, 0.6) is 17.2 Å². The van der Waals surface area contributed by atoms with Gasteiger partial charge in [0.2, 0.25) is 6.79 Å². The first-order valence-electron chi connectivity index (χ1n) is 7.80. The van der Waals surface area contributed by atoms with Gasteiger partial charge >= 0.3 is 11.8 Å². The standard InChI is InChI=1S/C18H18N2O5/c1-11(2)25-14-6-3-12(4-7-14)19-17(21)18(22)20-13-5-8-15-16(9-13)24-10-23-15/h3-9,11H,10H2,1-2H3,(H,19,21)(H,20,22). The molecule has 0 radical (unpaired) electrons. The molecule has 0 unspecified atom stereocenters. The van der Waals surface area contributed by atoms with Gasteiger partial charge in [-0.25, -0.2) is 0 Å². The molecule has 25 heavy (non-hydrogen) atoms. The first-order chi connectivity index (χ1) is 12.0. The van der Waals surface area contributed by atoms with E-state index in [-0.39, 0.29) is 12.9 Å². The summed E-state index contributed by atoms with van der Waals surface area (Å²) in [5.74, 6) is 0.277. The molecule has 2 aromatic carbocycles. The maximum atomic E-state index is 12.0. The van der Waals surface area contributed by atoms with E-state index in [1.54, 1.807) is 42.5 Å². The van der Waals surface area contributed by atoms with Crippen molar-refractivity contribution in [3.8, 4) is 17.2 Å². The fourth-order valence-corrected chi connectivity index (χ4v) is 2.24. The van der Waals surface area contributed by atoms with Crippen LogP contribution < -0.4 is 24.8 Å². The van der Waals surface area contributed by atoms with Crippen molar-refractivity contribution in [2.24, 2.45) is 0 Å². The Hall–Kier alpha value is -3.22. The van der Waals surface area contributed by atoms with Gasteiger partial charge in [0.15, 0.2) is 11.5 Å². The monoisotopic (exact) mass is 342 g/mol. The predicted octanol–water partition coefficient (Wildman–Crippen LogP) is 2.78. The molecular formula is C18H18N2O5. The summed E-state index contributed by atoms with van der Waals surface area (Å²) in [5, 5.41) is 5.05. The van der Waals surface area contributed by atoms with Gasteiger partial charge in [0.25, 0.3) is 0 Å². The Labute approximate surface area is 144 Å². The first-order valence-corrected chi connectivity index (χ1v) is 7.80. The highest BCUT2D eigenvalue weighted by atomic mass is 16.7. The van der Waals surface area contributed by atoms with Crippen LogP contribution in [0.25, 0.3) is 0 Å². The van der Waals surface area contributed by atoms with Gasteiger partial charge in [-0.2, -0.15) is 0 Å². The molecule has 0 spiro atoms. The number of carbonyl (C=O) groups excluding carboxylic acids is 2. The van der Waals surface area contributed by atoms with Crippen LogP contribution in [0.2, 0.25) is 0 Å². The topological polar surface area (TPSA) is 85.9 Å². The lowest BCUT2D eigenvalue weighted by Gasteiger charge is -2.10.